The quantitative estimate of drug-likeness (QED) is 0.772. The van der Waals surface area contributed by atoms with Gasteiger partial charge in [-0.3, -0.25) is 0 Å². The lowest BCUT2D eigenvalue weighted by Gasteiger charge is -2.10. The van der Waals surface area contributed by atoms with Crippen LogP contribution in [0.3, 0.4) is 0 Å². The summed E-state index contributed by atoms with van der Waals surface area (Å²) < 4.78 is 0.931. The Balaban J connectivity index is 2.44. The van der Waals surface area contributed by atoms with Crippen LogP contribution in [0.5, 0.6) is 0 Å². The first-order chi connectivity index (χ1) is 7.13. The van der Waals surface area contributed by atoms with E-state index in [0.717, 1.165) is 10.0 Å². The Morgan fingerprint density at radius 3 is 2.80 bits per heavy atom. The molecule has 0 fully saturated rings. The Labute approximate surface area is 102 Å². The van der Waals surface area contributed by atoms with Crippen LogP contribution in [0, 0.1) is 0 Å². The summed E-state index contributed by atoms with van der Waals surface area (Å²) in [5.41, 5.74) is 1.06. The lowest BCUT2D eigenvalue weighted by molar-refractivity contribution is 0.0942. The van der Waals surface area contributed by atoms with Crippen LogP contribution in [-0.4, -0.2) is 29.5 Å². The lowest BCUT2D eigenvalue weighted by Crippen LogP contribution is -2.29. The average molecular weight is 295 g/mol. The molecule has 0 aliphatic heterocycles. The number of nitrogens with one attached hydrogen (secondary N) is 1. The summed E-state index contributed by atoms with van der Waals surface area (Å²) in [5, 5.41) is 21.4. The number of rotatable bonds is 5. The topological polar surface area (TPSA) is 52.5 Å². The fraction of sp³-hybridized carbons (Fsp3) is 0.400. The van der Waals surface area contributed by atoms with Crippen LogP contribution in [0.4, 0.5) is 0 Å². The highest BCUT2D eigenvalue weighted by Crippen LogP contribution is 2.21. The second-order valence-electron chi connectivity index (χ2n) is 3.20. The number of aliphatic hydroxyl groups is 2. The van der Waals surface area contributed by atoms with Gasteiger partial charge in [-0.1, -0.05) is 33.6 Å². The van der Waals surface area contributed by atoms with Crippen LogP contribution in [0.25, 0.3) is 0 Å². The van der Waals surface area contributed by atoms with E-state index in [1.54, 1.807) is 0 Å². The van der Waals surface area contributed by atoms with Gasteiger partial charge in [0.25, 0.3) is 0 Å². The van der Waals surface area contributed by atoms with E-state index < -0.39 is 6.10 Å². The fourth-order valence-electron chi connectivity index (χ4n) is 1.10. The Kier molecular flexibility index (Phi) is 5.56. The maximum Gasteiger partial charge on any atom is 0.0895 e. The van der Waals surface area contributed by atoms with Gasteiger partial charge in [-0.05, 0) is 17.7 Å². The molecule has 3 nitrogen and oxygen atoms in total. The second-order valence-corrected chi connectivity index (χ2v) is 4.49. The predicted molar refractivity (Wildman–Crippen MR) is 64.0 cm³/mol. The van der Waals surface area contributed by atoms with Crippen molar-refractivity contribution in [2.45, 2.75) is 12.6 Å². The monoisotopic (exact) mass is 293 g/mol. The van der Waals surface area contributed by atoms with Crippen molar-refractivity contribution < 1.29 is 10.2 Å². The van der Waals surface area contributed by atoms with Crippen molar-refractivity contribution >= 4 is 27.5 Å². The zero-order valence-corrected chi connectivity index (χ0v) is 10.4. The number of benzene rings is 1. The van der Waals surface area contributed by atoms with Crippen molar-refractivity contribution in [1.29, 1.82) is 0 Å². The Morgan fingerprint density at radius 2 is 2.20 bits per heavy atom. The molecule has 0 bridgehead atoms. The smallest absolute Gasteiger partial charge is 0.0895 e. The van der Waals surface area contributed by atoms with Crippen LogP contribution < -0.4 is 5.32 Å². The van der Waals surface area contributed by atoms with Crippen molar-refractivity contribution in [1.82, 2.24) is 5.32 Å². The molecule has 0 radical (unpaired) electrons. The van der Waals surface area contributed by atoms with Gasteiger partial charge >= 0.3 is 0 Å². The summed E-state index contributed by atoms with van der Waals surface area (Å²) in [6, 6.07) is 5.54. The largest absolute Gasteiger partial charge is 0.394 e. The van der Waals surface area contributed by atoms with Crippen LogP contribution in [0.1, 0.15) is 5.56 Å². The minimum absolute atomic E-state index is 0.227. The molecular weight excluding hydrogens is 281 g/mol. The van der Waals surface area contributed by atoms with E-state index in [9.17, 15) is 0 Å². The van der Waals surface area contributed by atoms with Gasteiger partial charge in [0.05, 0.1) is 12.7 Å². The van der Waals surface area contributed by atoms with Crippen molar-refractivity contribution in [3.8, 4) is 0 Å². The van der Waals surface area contributed by atoms with E-state index in [1.165, 1.54) is 0 Å². The zero-order chi connectivity index (χ0) is 11.3. The molecule has 15 heavy (non-hydrogen) atoms. The van der Waals surface area contributed by atoms with Gasteiger partial charge in [0.1, 0.15) is 0 Å². The summed E-state index contributed by atoms with van der Waals surface area (Å²) in [6.07, 6.45) is -0.712. The van der Waals surface area contributed by atoms with E-state index in [2.05, 4.69) is 21.2 Å². The summed E-state index contributed by atoms with van der Waals surface area (Å²) in [5.74, 6) is 0. The lowest BCUT2D eigenvalue weighted by atomic mass is 10.2. The van der Waals surface area contributed by atoms with Gasteiger partial charge in [-0.15, -0.1) is 0 Å². The molecule has 0 amide bonds. The summed E-state index contributed by atoms with van der Waals surface area (Å²) in [6.45, 7) is 0.759. The van der Waals surface area contributed by atoms with Crippen molar-refractivity contribution in [3.63, 3.8) is 0 Å². The average Bonchev–Trinajstić information content (AvgIpc) is 2.21. The molecule has 1 atom stereocenters. The number of aliphatic hydroxyl groups excluding tert-OH is 2. The minimum Gasteiger partial charge on any atom is -0.394 e. The van der Waals surface area contributed by atoms with Crippen LogP contribution in [-0.2, 0) is 6.54 Å². The first kappa shape index (κ1) is 12.9. The molecule has 84 valence electrons. The first-order valence-electron chi connectivity index (χ1n) is 4.57. The van der Waals surface area contributed by atoms with E-state index in [1.807, 2.05) is 18.2 Å². The molecule has 1 aromatic carbocycles. The molecule has 5 heteroatoms. The Bertz CT molecular complexity index is 322. The first-order valence-corrected chi connectivity index (χ1v) is 5.74. The Morgan fingerprint density at radius 1 is 1.47 bits per heavy atom. The van der Waals surface area contributed by atoms with Gasteiger partial charge in [0.2, 0.25) is 0 Å². The zero-order valence-electron chi connectivity index (χ0n) is 8.08. The maximum atomic E-state index is 9.10. The van der Waals surface area contributed by atoms with E-state index >= 15 is 0 Å². The fourth-order valence-corrected chi connectivity index (χ4v) is 1.93. The highest BCUT2D eigenvalue weighted by atomic mass is 79.9. The van der Waals surface area contributed by atoms with Gasteiger partial charge < -0.3 is 15.5 Å². The van der Waals surface area contributed by atoms with Crippen LogP contribution in [0.2, 0.25) is 5.02 Å². The van der Waals surface area contributed by atoms with E-state index in [0.29, 0.717) is 18.1 Å². The SMILES string of the molecule is OC[C@H](O)CNCc1ccc(Cl)cc1Br. The number of hydrogen-bond acceptors (Lipinski definition) is 3. The molecule has 1 rings (SSSR count). The second kappa shape index (κ2) is 6.45. The number of halogens is 2. The molecule has 0 spiro atoms. The highest BCUT2D eigenvalue weighted by Gasteiger charge is 2.03. The molecular formula is C10H13BrClNO2. The third-order valence-corrected chi connectivity index (χ3v) is 2.89. The molecule has 0 aliphatic rings. The van der Waals surface area contributed by atoms with E-state index in [4.69, 9.17) is 21.8 Å². The Hall–Kier alpha value is -0.130. The molecule has 0 heterocycles. The van der Waals surface area contributed by atoms with Crippen LogP contribution in [0.15, 0.2) is 22.7 Å². The van der Waals surface area contributed by atoms with Gasteiger partial charge in [0, 0.05) is 22.6 Å². The summed E-state index contributed by atoms with van der Waals surface area (Å²) >= 11 is 9.20. The van der Waals surface area contributed by atoms with Crippen molar-refractivity contribution in [2.75, 3.05) is 13.2 Å². The number of hydrogen-bond donors (Lipinski definition) is 3. The standard InChI is InChI=1S/C10H13BrClNO2/c11-10-3-8(12)2-1-7(10)4-13-5-9(15)6-14/h1-3,9,13-15H,4-6H2/t9-/m1/s1. The van der Waals surface area contributed by atoms with Gasteiger partial charge in [-0.2, -0.15) is 0 Å². The molecule has 0 aliphatic carbocycles. The van der Waals surface area contributed by atoms with Gasteiger partial charge in [0.15, 0.2) is 0 Å². The van der Waals surface area contributed by atoms with E-state index in [-0.39, 0.29) is 6.61 Å². The summed E-state index contributed by atoms with van der Waals surface area (Å²) in [4.78, 5) is 0. The van der Waals surface area contributed by atoms with Crippen molar-refractivity contribution in [2.24, 2.45) is 0 Å². The summed E-state index contributed by atoms with van der Waals surface area (Å²) in [7, 11) is 0. The molecule has 0 unspecified atom stereocenters. The molecule has 3 N–H and O–H groups in total. The molecule has 0 saturated heterocycles. The molecule has 0 saturated carbocycles. The van der Waals surface area contributed by atoms with Crippen molar-refractivity contribution in [3.05, 3.63) is 33.3 Å². The highest BCUT2D eigenvalue weighted by molar-refractivity contribution is 9.10. The normalized spacial score (nSPS) is 12.8. The third-order valence-electron chi connectivity index (χ3n) is 1.92. The molecule has 1 aromatic rings. The minimum atomic E-state index is -0.712. The maximum absolute atomic E-state index is 9.10. The molecule has 0 aromatic heterocycles. The third kappa shape index (κ3) is 4.49. The van der Waals surface area contributed by atoms with Crippen LogP contribution >= 0.6 is 27.5 Å². The van der Waals surface area contributed by atoms with Gasteiger partial charge in [-0.25, -0.2) is 0 Å². The predicted octanol–water partition coefficient (Wildman–Crippen LogP) is 1.55.